The molecular weight excluding hydrogens is 205 g/mol. The number of nitrogens with one attached hydrogen (secondary N) is 1. The lowest BCUT2D eigenvalue weighted by molar-refractivity contribution is 0.619. The minimum absolute atomic E-state index is 0.220. The van der Waals surface area contributed by atoms with Crippen LogP contribution in [0.5, 0.6) is 0 Å². The van der Waals surface area contributed by atoms with E-state index in [0.29, 0.717) is 17.1 Å². The highest BCUT2D eigenvalue weighted by molar-refractivity contribution is 5.62. The highest BCUT2D eigenvalue weighted by atomic mass is 19.1. The van der Waals surface area contributed by atoms with E-state index in [1.165, 1.54) is 12.4 Å². The fraction of sp³-hybridized carbons (Fsp3) is 0.167. The molecule has 0 fully saturated rings. The van der Waals surface area contributed by atoms with Gasteiger partial charge in [0.05, 0.1) is 5.69 Å². The summed E-state index contributed by atoms with van der Waals surface area (Å²) >= 11 is 0. The van der Waals surface area contributed by atoms with Gasteiger partial charge in [0, 0.05) is 18.7 Å². The molecule has 1 heterocycles. The highest BCUT2D eigenvalue weighted by Gasteiger charge is 2.04. The number of aromatic nitrogens is 2. The molecule has 0 aliphatic carbocycles. The fourth-order valence-electron chi connectivity index (χ4n) is 1.40. The van der Waals surface area contributed by atoms with Gasteiger partial charge in [-0.1, -0.05) is 12.1 Å². The molecule has 16 heavy (non-hydrogen) atoms. The Hall–Kier alpha value is -1.97. The molecule has 2 aromatic rings. The van der Waals surface area contributed by atoms with Gasteiger partial charge in [-0.2, -0.15) is 0 Å². The number of aryl methyl sites for hydroxylation is 1. The first-order chi connectivity index (χ1) is 7.70. The number of nitrogens with zero attached hydrogens (tertiary/aromatic N) is 2. The highest BCUT2D eigenvalue weighted by Crippen LogP contribution is 2.20. The van der Waals surface area contributed by atoms with Crippen LogP contribution in [0.4, 0.5) is 10.2 Å². The van der Waals surface area contributed by atoms with Crippen molar-refractivity contribution in [1.82, 2.24) is 9.97 Å². The average Bonchev–Trinajstić information content (AvgIpc) is 2.33. The molecule has 2 rings (SSSR count). The van der Waals surface area contributed by atoms with Crippen LogP contribution in [-0.4, -0.2) is 17.0 Å². The Kier molecular flexibility index (Phi) is 2.81. The molecule has 0 amide bonds. The summed E-state index contributed by atoms with van der Waals surface area (Å²) < 4.78 is 13.4. The van der Waals surface area contributed by atoms with Crippen LogP contribution in [0.2, 0.25) is 0 Å². The maximum atomic E-state index is 13.4. The van der Waals surface area contributed by atoms with Crippen molar-refractivity contribution >= 4 is 5.82 Å². The van der Waals surface area contributed by atoms with Gasteiger partial charge in [0.2, 0.25) is 0 Å². The predicted molar refractivity (Wildman–Crippen MR) is 61.7 cm³/mol. The maximum Gasteiger partial charge on any atom is 0.129 e. The minimum Gasteiger partial charge on any atom is -0.373 e. The third-order valence-electron chi connectivity index (χ3n) is 2.39. The van der Waals surface area contributed by atoms with Gasteiger partial charge in [0.1, 0.15) is 18.0 Å². The van der Waals surface area contributed by atoms with Crippen molar-refractivity contribution in [3.05, 3.63) is 42.0 Å². The number of hydrogen-bond acceptors (Lipinski definition) is 3. The monoisotopic (exact) mass is 217 g/mol. The molecule has 3 nitrogen and oxygen atoms in total. The van der Waals surface area contributed by atoms with Crippen molar-refractivity contribution in [2.45, 2.75) is 6.92 Å². The fourth-order valence-corrected chi connectivity index (χ4v) is 1.40. The summed E-state index contributed by atoms with van der Waals surface area (Å²) in [5.74, 6) is 0.494. The molecule has 0 radical (unpaired) electrons. The van der Waals surface area contributed by atoms with Crippen LogP contribution in [0.15, 0.2) is 30.6 Å². The second kappa shape index (κ2) is 4.26. The first kappa shape index (κ1) is 10.5. The van der Waals surface area contributed by atoms with Crippen molar-refractivity contribution in [3.63, 3.8) is 0 Å². The van der Waals surface area contributed by atoms with E-state index >= 15 is 0 Å². The predicted octanol–water partition coefficient (Wildman–Crippen LogP) is 2.63. The van der Waals surface area contributed by atoms with E-state index in [0.717, 1.165) is 5.56 Å². The Bertz CT molecular complexity index is 511. The summed E-state index contributed by atoms with van der Waals surface area (Å²) in [6.45, 7) is 1.73. The minimum atomic E-state index is -0.220. The van der Waals surface area contributed by atoms with Gasteiger partial charge in [-0.3, -0.25) is 0 Å². The normalized spacial score (nSPS) is 10.2. The Morgan fingerprint density at radius 3 is 2.69 bits per heavy atom. The van der Waals surface area contributed by atoms with Gasteiger partial charge in [-0.15, -0.1) is 0 Å². The van der Waals surface area contributed by atoms with Crippen LogP contribution in [0.1, 0.15) is 5.56 Å². The molecule has 0 saturated carbocycles. The first-order valence-corrected chi connectivity index (χ1v) is 4.97. The number of halogens is 1. The molecule has 0 bridgehead atoms. The molecule has 0 saturated heterocycles. The zero-order valence-corrected chi connectivity index (χ0v) is 9.16. The number of benzene rings is 1. The van der Waals surface area contributed by atoms with Crippen molar-refractivity contribution in [3.8, 4) is 11.3 Å². The van der Waals surface area contributed by atoms with E-state index in [1.807, 2.05) is 6.07 Å². The van der Waals surface area contributed by atoms with Gasteiger partial charge in [0.15, 0.2) is 0 Å². The van der Waals surface area contributed by atoms with E-state index in [2.05, 4.69) is 15.3 Å². The summed E-state index contributed by atoms with van der Waals surface area (Å²) in [4.78, 5) is 8.12. The maximum absolute atomic E-state index is 13.4. The van der Waals surface area contributed by atoms with Crippen LogP contribution < -0.4 is 5.32 Å². The smallest absolute Gasteiger partial charge is 0.129 e. The standard InChI is InChI=1S/C12H12FN3/c1-8-3-4-9(5-10(8)13)11-6-12(14-2)16-7-15-11/h3-7H,1-2H3,(H,14,15,16). The number of anilines is 1. The van der Waals surface area contributed by atoms with Gasteiger partial charge >= 0.3 is 0 Å². The molecule has 4 heteroatoms. The lowest BCUT2D eigenvalue weighted by Crippen LogP contribution is -1.94. The van der Waals surface area contributed by atoms with Crippen LogP contribution in [-0.2, 0) is 0 Å². The van der Waals surface area contributed by atoms with Crippen LogP contribution in [0.25, 0.3) is 11.3 Å². The largest absolute Gasteiger partial charge is 0.373 e. The quantitative estimate of drug-likeness (QED) is 0.840. The summed E-state index contributed by atoms with van der Waals surface area (Å²) in [6.07, 6.45) is 1.46. The lowest BCUT2D eigenvalue weighted by Gasteiger charge is -2.04. The Morgan fingerprint density at radius 1 is 1.19 bits per heavy atom. The molecule has 0 atom stereocenters. The first-order valence-electron chi connectivity index (χ1n) is 4.97. The topological polar surface area (TPSA) is 37.8 Å². The zero-order valence-electron chi connectivity index (χ0n) is 9.16. The second-order valence-corrected chi connectivity index (χ2v) is 3.50. The van der Waals surface area contributed by atoms with E-state index in [-0.39, 0.29) is 5.82 Å². The van der Waals surface area contributed by atoms with Crippen LogP contribution >= 0.6 is 0 Å². The summed E-state index contributed by atoms with van der Waals surface area (Å²) in [7, 11) is 1.78. The van der Waals surface area contributed by atoms with Gasteiger partial charge < -0.3 is 5.32 Å². The van der Waals surface area contributed by atoms with Crippen LogP contribution in [0, 0.1) is 12.7 Å². The van der Waals surface area contributed by atoms with Crippen LogP contribution in [0.3, 0.4) is 0 Å². The van der Waals surface area contributed by atoms with Gasteiger partial charge in [-0.25, -0.2) is 14.4 Å². The van der Waals surface area contributed by atoms with E-state index in [4.69, 9.17) is 0 Å². The van der Waals surface area contributed by atoms with Gasteiger partial charge in [-0.05, 0) is 18.6 Å². The van der Waals surface area contributed by atoms with E-state index < -0.39 is 0 Å². The molecule has 0 unspecified atom stereocenters. The summed E-state index contributed by atoms with van der Waals surface area (Å²) in [5.41, 5.74) is 2.09. The second-order valence-electron chi connectivity index (χ2n) is 3.50. The Morgan fingerprint density at radius 2 is 2.00 bits per heavy atom. The molecule has 1 aromatic heterocycles. The van der Waals surface area contributed by atoms with Crippen molar-refractivity contribution in [1.29, 1.82) is 0 Å². The van der Waals surface area contributed by atoms with E-state index in [9.17, 15) is 4.39 Å². The third-order valence-corrected chi connectivity index (χ3v) is 2.39. The summed E-state index contributed by atoms with van der Waals surface area (Å²) in [6, 6.07) is 6.85. The zero-order chi connectivity index (χ0) is 11.5. The molecule has 82 valence electrons. The molecule has 0 aliphatic rings. The van der Waals surface area contributed by atoms with E-state index in [1.54, 1.807) is 26.1 Å². The third kappa shape index (κ3) is 2.00. The SMILES string of the molecule is CNc1cc(-c2ccc(C)c(F)c2)ncn1. The van der Waals surface area contributed by atoms with Gasteiger partial charge in [0.25, 0.3) is 0 Å². The van der Waals surface area contributed by atoms with Crippen molar-refractivity contribution < 1.29 is 4.39 Å². The molecule has 1 N–H and O–H groups in total. The van der Waals surface area contributed by atoms with Crippen molar-refractivity contribution in [2.75, 3.05) is 12.4 Å². The Balaban J connectivity index is 2.46. The Labute approximate surface area is 93.4 Å². The molecule has 1 aromatic carbocycles. The lowest BCUT2D eigenvalue weighted by atomic mass is 10.1. The molecule has 0 aliphatic heterocycles. The molecular formula is C12H12FN3. The summed E-state index contributed by atoms with van der Waals surface area (Å²) in [5, 5.41) is 2.92. The van der Waals surface area contributed by atoms with Crippen molar-refractivity contribution in [2.24, 2.45) is 0 Å². The average molecular weight is 217 g/mol. The molecule has 0 spiro atoms. The number of hydrogen-bond donors (Lipinski definition) is 1. The number of rotatable bonds is 2.